The van der Waals surface area contributed by atoms with E-state index in [0.29, 0.717) is 37.9 Å². The van der Waals surface area contributed by atoms with Gasteiger partial charge < -0.3 is 4.74 Å². The van der Waals surface area contributed by atoms with Gasteiger partial charge in [-0.25, -0.2) is 4.72 Å². The SMILES string of the molecule is COc1ccc(C)cc1CCNS(=O)(=O)N1CC(C)CC(C)C1. The summed E-state index contributed by atoms with van der Waals surface area (Å²) in [6.07, 6.45) is 1.70. The quantitative estimate of drug-likeness (QED) is 0.865. The first-order valence-electron chi connectivity index (χ1n) is 8.20. The molecule has 0 amide bonds. The van der Waals surface area contributed by atoms with Gasteiger partial charge in [0.25, 0.3) is 10.2 Å². The van der Waals surface area contributed by atoms with Crippen LogP contribution in [0, 0.1) is 18.8 Å². The summed E-state index contributed by atoms with van der Waals surface area (Å²) in [5.41, 5.74) is 2.16. The Morgan fingerprint density at radius 1 is 1.26 bits per heavy atom. The molecule has 2 rings (SSSR count). The summed E-state index contributed by atoms with van der Waals surface area (Å²) in [6.45, 7) is 7.82. The Morgan fingerprint density at radius 3 is 2.52 bits per heavy atom. The lowest BCUT2D eigenvalue weighted by molar-refractivity contribution is 0.220. The number of piperidine rings is 1. The van der Waals surface area contributed by atoms with Crippen LogP contribution in [0.4, 0.5) is 0 Å². The zero-order chi connectivity index (χ0) is 17.0. The van der Waals surface area contributed by atoms with Gasteiger partial charge in [-0.1, -0.05) is 31.5 Å². The molecule has 0 saturated carbocycles. The second-order valence-electron chi connectivity index (χ2n) is 6.73. The maximum Gasteiger partial charge on any atom is 0.279 e. The van der Waals surface area contributed by atoms with Crippen LogP contribution in [0.1, 0.15) is 31.4 Å². The van der Waals surface area contributed by atoms with Crippen molar-refractivity contribution in [1.82, 2.24) is 9.03 Å². The van der Waals surface area contributed by atoms with Crippen molar-refractivity contribution in [2.45, 2.75) is 33.6 Å². The fourth-order valence-electron chi connectivity index (χ4n) is 3.31. The van der Waals surface area contributed by atoms with Gasteiger partial charge in [0, 0.05) is 19.6 Å². The fraction of sp³-hybridized carbons (Fsp3) is 0.647. The van der Waals surface area contributed by atoms with Gasteiger partial charge in [0.1, 0.15) is 5.75 Å². The van der Waals surface area contributed by atoms with E-state index in [-0.39, 0.29) is 0 Å². The average Bonchev–Trinajstić information content (AvgIpc) is 2.46. The fourth-order valence-corrected chi connectivity index (χ4v) is 4.75. The molecule has 2 unspecified atom stereocenters. The highest BCUT2D eigenvalue weighted by atomic mass is 32.2. The molecule has 1 aliphatic heterocycles. The minimum absolute atomic E-state index is 0.376. The van der Waals surface area contributed by atoms with Crippen LogP contribution in [-0.2, 0) is 16.6 Å². The van der Waals surface area contributed by atoms with Gasteiger partial charge in [-0.3, -0.25) is 0 Å². The van der Waals surface area contributed by atoms with Gasteiger partial charge in [0.15, 0.2) is 0 Å². The molecule has 0 aromatic heterocycles. The van der Waals surface area contributed by atoms with Crippen molar-refractivity contribution in [2.24, 2.45) is 11.8 Å². The topological polar surface area (TPSA) is 58.6 Å². The normalized spacial score (nSPS) is 23.0. The van der Waals surface area contributed by atoms with Crippen molar-refractivity contribution in [1.29, 1.82) is 0 Å². The van der Waals surface area contributed by atoms with Gasteiger partial charge in [0.2, 0.25) is 0 Å². The molecule has 2 atom stereocenters. The Labute approximate surface area is 140 Å². The van der Waals surface area contributed by atoms with Gasteiger partial charge in [0.05, 0.1) is 7.11 Å². The molecule has 1 aliphatic rings. The highest BCUT2D eigenvalue weighted by Crippen LogP contribution is 2.23. The van der Waals surface area contributed by atoms with E-state index in [9.17, 15) is 8.42 Å². The number of methoxy groups -OCH3 is 1. The van der Waals surface area contributed by atoms with Crippen molar-refractivity contribution in [3.05, 3.63) is 29.3 Å². The standard InChI is InChI=1S/C17H28N2O3S/c1-13-5-6-17(22-4)16(10-13)7-8-18-23(20,21)19-11-14(2)9-15(3)12-19/h5-6,10,14-15,18H,7-9,11-12H2,1-4H3. The van der Waals surface area contributed by atoms with Crippen LogP contribution in [-0.4, -0.2) is 39.5 Å². The second kappa shape index (κ2) is 7.64. The highest BCUT2D eigenvalue weighted by Gasteiger charge is 2.30. The molecule has 23 heavy (non-hydrogen) atoms. The first kappa shape index (κ1) is 18.2. The summed E-state index contributed by atoms with van der Waals surface area (Å²) >= 11 is 0. The van der Waals surface area contributed by atoms with Gasteiger partial charge in [-0.05, 0) is 43.2 Å². The molecule has 0 aliphatic carbocycles. The van der Waals surface area contributed by atoms with Crippen LogP contribution < -0.4 is 9.46 Å². The van der Waals surface area contributed by atoms with E-state index in [2.05, 4.69) is 18.6 Å². The highest BCUT2D eigenvalue weighted by molar-refractivity contribution is 7.87. The van der Waals surface area contributed by atoms with Crippen molar-refractivity contribution in [3.8, 4) is 5.75 Å². The lowest BCUT2D eigenvalue weighted by Crippen LogP contribution is -2.48. The summed E-state index contributed by atoms with van der Waals surface area (Å²) in [7, 11) is -1.77. The zero-order valence-corrected chi connectivity index (χ0v) is 15.3. The van der Waals surface area contributed by atoms with E-state index in [1.54, 1.807) is 11.4 Å². The lowest BCUT2D eigenvalue weighted by atomic mass is 9.94. The Kier molecular flexibility index (Phi) is 6.06. The van der Waals surface area contributed by atoms with Gasteiger partial charge >= 0.3 is 0 Å². The number of nitrogens with one attached hydrogen (secondary N) is 1. The zero-order valence-electron chi connectivity index (χ0n) is 14.5. The third-order valence-electron chi connectivity index (χ3n) is 4.29. The number of hydrogen-bond acceptors (Lipinski definition) is 3. The number of benzene rings is 1. The molecule has 5 nitrogen and oxygen atoms in total. The van der Waals surface area contributed by atoms with E-state index in [1.165, 1.54) is 0 Å². The molecule has 6 heteroatoms. The predicted molar refractivity (Wildman–Crippen MR) is 92.9 cm³/mol. The van der Waals surface area contributed by atoms with Crippen molar-refractivity contribution in [3.63, 3.8) is 0 Å². The van der Waals surface area contributed by atoms with Crippen LogP contribution in [0.3, 0.4) is 0 Å². The Balaban J connectivity index is 1.96. The van der Waals surface area contributed by atoms with Crippen LogP contribution >= 0.6 is 0 Å². The smallest absolute Gasteiger partial charge is 0.279 e. The molecule has 1 saturated heterocycles. The summed E-state index contributed by atoms with van der Waals surface area (Å²) in [5.74, 6) is 1.62. The van der Waals surface area contributed by atoms with Crippen LogP contribution in [0.25, 0.3) is 0 Å². The average molecular weight is 340 g/mol. The Hall–Kier alpha value is -1.11. The Bertz CT molecular complexity index is 621. The summed E-state index contributed by atoms with van der Waals surface area (Å²) in [5, 5.41) is 0. The molecule has 130 valence electrons. The van der Waals surface area contributed by atoms with Crippen molar-refractivity contribution in [2.75, 3.05) is 26.7 Å². The lowest BCUT2D eigenvalue weighted by Gasteiger charge is -2.33. The van der Waals surface area contributed by atoms with Crippen LogP contribution in [0.2, 0.25) is 0 Å². The summed E-state index contributed by atoms with van der Waals surface area (Å²) in [6, 6.07) is 5.95. The van der Waals surface area contributed by atoms with Crippen LogP contribution in [0.15, 0.2) is 18.2 Å². The molecule has 1 heterocycles. The van der Waals surface area contributed by atoms with E-state index >= 15 is 0 Å². The minimum atomic E-state index is -3.41. The maximum absolute atomic E-state index is 12.5. The molecule has 1 N–H and O–H groups in total. The van der Waals surface area contributed by atoms with Gasteiger partial charge in [-0.15, -0.1) is 0 Å². The first-order chi connectivity index (χ1) is 10.8. The largest absolute Gasteiger partial charge is 0.496 e. The molecular formula is C17H28N2O3S. The number of aryl methyl sites for hydroxylation is 1. The third kappa shape index (κ3) is 4.93. The second-order valence-corrected chi connectivity index (χ2v) is 8.48. The minimum Gasteiger partial charge on any atom is -0.496 e. The number of ether oxygens (including phenoxy) is 1. The first-order valence-corrected chi connectivity index (χ1v) is 9.64. The van der Waals surface area contributed by atoms with E-state index in [4.69, 9.17) is 4.74 Å². The third-order valence-corrected chi connectivity index (χ3v) is 5.84. The molecular weight excluding hydrogens is 312 g/mol. The predicted octanol–water partition coefficient (Wildman–Crippen LogP) is 2.36. The summed E-state index contributed by atoms with van der Waals surface area (Å²) in [4.78, 5) is 0. The molecule has 0 radical (unpaired) electrons. The monoisotopic (exact) mass is 340 g/mol. The van der Waals surface area contributed by atoms with E-state index in [1.807, 2.05) is 25.1 Å². The van der Waals surface area contributed by atoms with Crippen molar-refractivity contribution < 1.29 is 13.2 Å². The van der Waals surface area contributed by atoms with Gasteiger partial charge in [-0.2, -0.15) is 12.7 Å². The van der Waals surface area contributed by atoms with Crippen molar-refractivity contribution >= 4 is 10.2 Å². The summed E-state index contributed by atoms with van der Waals surface area (Å²) < 4.78 is 34.6. The van der Waals surface area contributed by atoms with Crippen LogP contribution in [0.5, 0.6) is 5.75 Å². The number of hydrogen-bond donors (Lipinski definition) is 1. The molecule has 0 spiro atoms. The molecule has 1 aromatic rings. The maximum atomic E-state index is 12.5. The van der Waals surface area contributed by atoms with E-state index < -0.39 is 10.2 Å². The number of nitrogens with zero attached hydrogens (tertiary/aromatic N) is 1. The molecule has 1 aromatic carbocycles. The molecule has 0 bridgehead atoms. The van der Waals surface area contributed by atoms with E-state index in [0.717, 1.165) is 23.3 Å². The Morgan fingerprint density at radius 2 is 1.91 bits per heavy atom. The molecule has 1 fully saturated rings. The number of rotatable bonds is 6.